The predicted molar refractivity (Wildman–Crippen MR) is 86.7 cm³/mol. The fourth-order valence-corrected chi connectivity index (χ4v) is 1.99. The Morgan fingerprint density at radius 2 is 2.00 bits per heavy atom. The lowest BCUT2D eigenvalue weighted by Gasteiger charge is -2.17. The number of amides is 1. The van der Waals surface area contributed by atoms with Crippen LogP contribution < -0.4 is 10.1 Å². The lowest BCUT2D eigenvalue weighted by molar-refractivity contribution is -0.122. The van der Waals surface area contributed by atoms with Crippen molar-refractivity contribution in [2.75, 3.05) is 0 Å². The van der Waals surface area contributed by atoms with Crippen LogP contribution in [0.1, 0.15) is 32.8 Å². The van der Waals surface area contributed by atoms with E-state index in [9.17, 15) is 4.79 Å². The van der Waals surface area contributed by atoms with Gasteiger partial charge in [0.1, 0.15) is 5.75 Å². The van der Waals surface area contributed by atoms with E-state index >= 15 is 0 Å². The molecular weight excluding hydrogens is 276 g/mol. The van der Waals surface area contributed by atoms with E-state index in [0.29, 0.717) is 24.6 Å². The van der Waals surface area contributed by atoms with Gasteiger partial charge in [0.15, 0.2) is 0 Å². The number of benzene rings is 1. The summed E-state index contributed by atoms with van der Waals surface area (Å²) in [4.78, 5) is 16.0. The van der Waals surface area contributed by atoms with Gasteiger partial charge in [0, 0.05) is 25.2 Å². The third-order valence-electron chi connectivity index (χ3n) is 2.94. The maximum atomic E-state index is 11.9. The van der Waals surface area contributed by atoms with E-state index in [1.165, 1.54) is 0 Å². The first-order valence-electron chi connectivity index (χ1n) is 7.37. The zero-order valence-electron chi connectivity index (χ0n) is 13.3. The minimum absolute atomic E-state index is 0.00593. The molecule has 1 N–H and O–H groups in total. The Bertz CT molecular complexity index is 618. The van der Waals surface area contributed by atoms with Gasteiger partial charge >= 0.3 is 0 Å². The van der Waals surface area contributed by atoms with E-state index in [1.807, 2.05) is 57.2 Å². The van der Waals surface area contributed by atoms with Crippen molar-refractivity contribution in [3.8, 4) is 11.6 Å². The van der Waals surface area contributed by atoms with Gasteiger partial charge in [-0.25, -0.2) is 4.98 Å². The zero-order chi connectivity index (χ0) is 16.0. The quantitative estimate of drug-likeness (QED) is 0.910. The number of hydrogen-bond acceptors (Lipinski definition) is 3. The van der Waals surface area contributed by atoms with E-state index < -0.39 is 0 Å². The number of ether oxygens (including phenoxy) is 1. The third kappa shape index (κ3) is 5.56. The number of carbonyl (C=O) groups is 1. The molecule has 0 unspecified atom stereocenters. The first-order valence-corrected chi connectivity index (χ1v) is 7.37. The van der Waals surface area contributed by atoms with Crippen molar-refractivity contribution in [3.05, 3.63) is 54.2 Å². The SMILES string of the molecule is CC(C)(C)CC(=O)NCc1cccc(Oc2ccccn2)c1. The van der Waals surface area contributed by atoms with Crippen LogP contribution in [-0.2, 0) is 11.3 Å². The Balaban J connectivity index is 1.93. The number of aromatic nitrogens is 1. The van der Waals surface area contributed by atoms with Crippen LogP contribution >= 0.6 is 0 Å². The maximum Gasteiger partial charge on any atom is 0.220 e. The van der Waals surface area contributed by atoms with E-state index in [0.717, 1.165) is 5.56 Å². The molecule has 1 aromatic carbocycles. The molecule has 0 bridgehead atoms. The van der Waals surface area contributed by atoms with E-state index in [4.69, 9.17) is 4.74 Å². The van der Waals surface area contributed by atoms with Gasteiger partial charge in [-0.15, -0.1) is 0 Å². The highest BCUT2D eigenvalue weighted by Gasteiger charge is 2.15. The highest BCUT2D eigenvalue weighted by Crippen LogP contribution is 2.20. The molecule has 22 heavy (non-hydrogen) atoms. The van der Waals surface area contributed by atoms with Crippen LogP contribution in [0.2, 0.25) is 0 Å². The van der Waals surface area contributed by atoms with Crippen molar-refractivity contribution in [3.63, 3.8) is 0 Å². The molecule has 0 spiro atoms. The minimum Gasteiger partial charge on any atom is -0.439 e. The van der Waals surface area contributed by atoms with Crippen molar-refractivity contribution >= 4 is 5.91 Å². The number of carbonyl (C=O) groups excluding carboxylic acids is 1. The second-order valence-corrected chi connectivity index (χ2v) is 6.43. The third-order valence-corrected chi connectivity index (χ3v) is 2.94. The number of nitrogens with one attached hydrogen (secondary N) is 1. The molecule has 1 heterocycles. The molecule has 1 aromatic heterocycles. The van der Waals surface area contributed by atoms with Gasteiger partial charge in [0.25, 0.3) is 0 Å². The molecule has 0 saturated heterocycles. The molecule has 0 aliphatic rings. The van der Waals surface area contributed by atoms with Crippen molar-refractivity contribution in [1.29, 1.82) is 0 Å². The number of pyridine rings is 1. The van der Waals surface area contributed by atoms with Gasteiger partial charge in [-0.1, -0.05) is 39.0 Å². The molecule has 116 valence electrons. The van der Waals surface area contributed by atoms with Crippen LogP contribution in [0.3, 0.4) is 0 Å². The van der Waals surface area contributed by atoms with Gasteiger partial charge in [-0.3, -0.25) is 4.79 Å². The predicted octanol–water partition coefficient (Wildman–Crippen LogP) is 3.93. The Labute approximate surface area is 131 Å². The summed E-state index contributed by atoms with van der Waals surface area (Å²) in [6.07, 6.45) is 2.20. The van der Waals surface area contributed by atoms with Crippen LogP contribution in [0.15, 0.2) is 48.7 Å². The van der Waals surface area contributed by atoms with E-state index in [-0.39, 0.29) is 11.3 Å². The highest BCUT2D eigenvalue weighted by atomic mass is 16.5. The maximum absolute atomic E-state index is 11.9. The van der Waals surface area contributed by atoms with Crippen molar-refractivity contribution in [2.45, 2.75) is 33.7 Å². The first-order chi connectivity index (χ1) is 10.4. The summed E-state index contributed by atoms with van der Waals surface area (Å²) in [6.45, 7) is 6.64. The van der Waals surface area contributed by atoms with Gasteiger partial charge in [-0.2, -0.15) is 0 Å². The summed E-state index contributed by atoms with van der Waals surface area (Å²) in [6, 6.07) is 13.2. The average Bonchev–Trinajstić information content (AvgIpc) is 2.45. The normalized spacial score (nSPS) is 11.0. The molecule has 0 radical (unpaired) electrons. The van der Waals surface area contributed by atoms with Crippen LogP contribution in [0, 0.1) is 5.41 Å². The number of hydrogen-bond donors (Lipinski definition) is 1. The van der Waals surface area contributed by atoms with Crippen molar-refractivity contribution < 1.29 is 9.53 Å². The zero-order valence-corrected chi connectivity index (χ0v) is 13.3. The lowest BCUT2D eigenvalue weighted by Crippen LogP contribution is -2.27. The van der Waals surface area contributed by atoms with Crippen LogP contribution in [-0.4, -0.2) is 10.9 Å². The molecular formula is C18H22N2O2. The molecule has 0 saturated carbocycles. The summed E-state index contributed by atoms with van der Waals surface area (Å²) in [7, 11) is 0. The number of nitrogens with zero attached hydrogens (tertiary/aromatic N) is 1. The molecule has 4 heteroatoms. The Hall–Kier alpha value is -2.36. The molecule has 4 nitrogen and oxygen atoms in total. The topological polar surface area (TPSA) is 51.2 Å². The molecule has 2 rings (SSSR count). The Morgan fingerprint density at radius 1 is 1.18 bits per heavy atom. The summed E-state index contributed by atoms with van der Waals surface area (Å²) in [5, 5.41) is 2.94. The minimum atomic E-state index is -0.00593. The van der Waals surface area contributed by atoms with Crippen molar-refractivity contribution in [2.24, 2.45) is 5.41 Å². The standard InChI is InChI=1S/C18H22N2O2/c1-18(2,3)12-16(21)20-13-14-7-6-8-15(11-14)22-17-9-4-5-10-19-17/h4-11H,12-13H2,1-3H3,(H,20,21). The van der Waals surface area contributed by atoms with E-state index in [2.05, 4.69) is 10.3 Å². The smallest absolute Gasteiger partial charge is 0.220 e. The Morgan fingerprint density at radius 3 is 2.68 bits per heavy atom. The molecule has 0 aliphatic heterocycles. The summed E-state index contributed by atoms with van der Waals surface area (Å²) in [5.41, 5.74) is 0.990. The second-order valence-electron chi connectivity index (χ2n) is 6.43. The summed E-state index contributed by atoms with van der Waals surface area (Å²) >= 11 is 0. The summed E-state index contributed by atoms with van der Waals surface area (Å²) < 4.78 is 5.68. The van der Waals surface area contributed by atoms with Gasteiger partial charge in [0.05, 0.1) is 0 Å². The van der Waals surface area contributed by atoms with Gasteiger partial charge in [0.2, 0.25) is 11.8 Å². The monoisotopic (exact) mass is 298 g/mol. The summed E-state index contributed by atoms with van der Waals surface area (Å²) in [5.74, 6) is 1.32. The van der Waals surface area contributed by atoms with Gasteiger partial charge < -0.3 is 10.1 Å². The Kier molecular flexibility index (Phi) is 5.15. The van der Waals surface area contributed by atoms with Crippen LogP contribution in [0.25, 0.3) is 0 Å². The molecule has 0 atom stereocenters. The highest BCUT2D eigenvalue weighted by molar-refractivity contribution is 5.76. The van der Waals surface area contributed by atoms with Crippen molar-refractivity contribution in [1.82, 2.24) is 10.3 Å². The molecule has 2 aromatic rings. The largest absolute Gasteiger partial charge is 0.439 e. The fourth-order valence-electron chi connectivity index (χ4n) is 1.99. The first kappa shape index (κ1) is 16.0. The molecule has 1 amide bonds. The average molecular weight is 298 g/mol. The second kappa shape index (κ2) is 7.07. The lowest BCUT2D eigenvalue weighted by atomic mass is 9.92. The van der Waals surface area contributed by atoms with E-state index in [1.54, 1.807) is 12.3 Å². The molecule has 0 aliphatic carbocycles. The van der Waals surface area contributed by atoms with Crippen LogP contribution in [0.4, 0.5) is 0 Å². The fraction of sp³-hybridized carbons (Fsp3) is 0.333. The van der Waals surface area contributed by atoms with Crippen LogP contribution in [0.5, 0.6) is 11.6 Å². The molecule has 0 fully saturated rings. The number of rotatable bonds is 5. The van der Waals surface area contributed by atoms with Gasteiger partial charge in [-0.05, 0) is 29.2 Å².